The zero-order chi connectivity index (χ0) is 12.1. The zero-order valence-electron chi connectivity index (χ0n) is 8.84. The largest absolute Gasteiger partial charge is 0.401 e. The second-order valence-corrected chi connectivity index (χ2v) is 3.67. The van der Waals surface area contributed by atoms with Crippen LogP contribution in [-0.2, 0) is 4.79 Å². The van der Waals surface area contributed by atoms with Crippen LogP contribution in [0.25, 0.3) is 0 Å². The second kappa shape index (κ2) is 6.07. The van der Waals surface area contributed by atoms with Crippen molar-refractivity contribution in [3.05, 3.63) is 0 Å². The maximum atomic E-state index is 12.0. The van der Waals surface area contributed by atoms with Gasteiger partial charge in [0, 0.05) is 12.5 Å². The number of aliphatic hydroxyl groups is 1. The van der Waals surface area contributed by atoms with Crippen LogP contribution in [0.15, 0.2) is 0 Å². The third kappa shape index (κ3) is 7.33. The minimum Gasteiger partial charge on any atom is -0.395 e. The summed E-state index contributed by atoms with van der Waals surface area (Å²) < 4.78 is 36.1. The van der Waals surface area contributed by atoms with Gasteiger partial charge in [-0.25, -0.2) is 0 Å². The van der Waals surface area contributed by atoms with Crippen LogP contribution in [-0.4, -0.2) is 48.2 Å². The van der Waals surface area contributed by atoms with Gasteiger partial charge in [-0.3, -0.25) is 9.69 Å². The Bertz CT molecular complexity index is 204. The maximum absolute atomic E-state index is 12.0. The van der Waals surface area contributed by atoms with Crippen LogP contribution < -0.4 is 0 Å². The molecule has 0 heterocycles. The fourth-order valence-electron chi connectivity index (χ4n) is 1.01. The van der Waals surface area contributed by atoms with Crippen molar-refractivity contribution in [2.24, 2.45) is 5.92 Å². The number of Topliss-reactive ketones (excluding diaryl/α,β-unsaturated/α-hetero) is 1. The van der Waals surface area contributed by atoms with E-state index >= 15 is 0 Å². The molecule has 0 rings (SSSR count). The molecule has 0 aromatic carbocycles. The first kappa shape index (κ1) is 14.4. The summed E-state index contributed by atoms with van der Waals surface area (Å²) in [5.41, 5.74) is 0. The standard InChI is InChI=1S/C9H16F3NO2/c1-7(2)8(15)5-13(3-4-14)6-9(10,11)12/h7,14H,3-6H2,1-2H3. The van der Waals surface area contributed by atoms with Gasteiger partial charge in [0.2, 0.25) is 0 Å². The number of halogens is 3. The molecule has 0 amide bonds. The van der Waals surface area contributed by atoms with E-state index in [1.54, 1.807) is 13.8 Å². The lowest BCUT2D eigenvalue weighted by atomic mass is 10.1. The van der Waals surface area contributed by atoms with Crippen LogP contribution in [0.1, 0.15) is 13.8 Å². The third-order valence-electron chi connectivity index (χ3n) is 1.84. The Balaban J connectivity index is 4.22. The Hall–Kier alpha value is -0.620. The Morgan fingerprint density at radius 1 is 1.40 bits per heavy atom. The number of carbonyl (C=O) groups excluding carboxylic acids is 1. The average Bonchev–Trinajstić information content (AvgIpc) is 2.00. The molecule has 0 aromatic heterocycles. The van der Waals surface area contributed by atoms with Crippen LogP contribution in [0.4, 0.5) is 13.2 Å². The quantitative estimate of drug-likeness (QED) is 0.737. The van der Waals surface area contributed by atoms with Crippen molar-refractivity contribution < 1.29 is 23.1 Å². The Labute approximate surface area is 86.9 Å². The zero-order valence-corrected chi connectivity index (χ0v) is 8.84. The number of hydrogen-bond acceptors (Lipinski definition) is 3. The van der Waals surface area contributed by atoms with Crippen LogP contribution >= 0.6 is 0 Å². The number of carbonyl (C=O) groups is 1. The van der Waals surface area contributed by atoms with Gasteiger partial charge < -0.3 is 5.11 Å². The van der Waals surface area contributed by atoms with E-state index in [9.17, 15) is 18.0 Å². The number of rotatable bonds is 6. The van der Waals surface area contributed by atoms with Crippen LogP contribution in [0.3, 0.4) is 0 Å². The van der Waals surface area contributed by atoms with Crippen LogP contribution in [0.2, 0.25) is 0 Å². The number of aliphatic hydroxyl groups excluding tert-OH is 1. The van der Waals surface area contributed by atoms with Gasteiger partial charge in [0.25, 0.3) is 0 Å². The van der Waals surface area contributed by atoms with Crippen molar-refractivity contribution in [3.8, 4) is 0 Å². The van der Waals surface area contributed by atoms with Crippen LogP contribution in [0, 0.1) is 5.92 Å². The summed E-state index contributed by atoms with van der Waals surface area (Å²) in [5.74, 6) is -0.549. The van der Waals surface area contributed by atoms with Gasteiger partial charge in [-0.05, 0) is 0 Å². The van der Waals surface area contributed by atoms with Crippen LogP contribution in [0.5, 0.6) is 0 Å². The summed E-state index contributed by atoms with van der Waals surface area (Å²) in [6.45, 7) is 1.31. The molecule has 0 aliphatic carbocycles. The summed E-state index contributed by atoms with van der Waals surface area (Å²) in [4.78, 5) is 12.1. The number of ketones is 1. The van der Waals surface area contributed by atoms with E-state index in [0.717, 1.165) is 4.90 Å². The highest BCUT2D eigenvalue weighted by Crippen LogP contribution is 2.16. The van der Waals surface area contributed by atoms with E-state index in [-0.39, 0.29) is 31.4 Å². The molecule has 6 heteroatoms. The van der Waals surface area contributed by atoms with E-state index in [0.29, 0.717) is 0 Å². The predicted octanol–water partition coefficient (Wildman–Crippen LogP) is 1.07. The molecule has 0 unspecified atom stereocenters. The van der Waals surface area contributed by atoms with E-state index in [1.165, 1.54) is 0 Å². The number of alkyl halides is 3. The van der Waals surface area contributed by atoms with Crippen molar-refractivity contribution in [2.45, 2.75) is 20.0 Å². The van der Waals surface area contributed by atoms with Gasteiger partial charge in [0.1, 0.15) is 5.78 Å². The molecule has 0 fully saturated rings. The summed E-state index contributed by atoms with van der Waals surface area (Å²) in [6, 6.07) is 0. The first-order chi connectivity index (χ1) is 6.76. The summed E-state index contributed by atoms with van der Waals surface area (Å²) in [7, 11) is 0. The van der Waals surface area contributed by atoms with Gasteiger partial charge in [0.05, 0.1) is 19.7 Å². The van der Waals surface area contributed by atoms with Gasteiger partial charge in [-0.1, -0.05) is 13.8 Å². The highest BCUT2D eigenvalue weighted by Gasteiger charge is 2.31. The lowest BCUT2D eigenvalue weighted by Crippen LogP contribution is -2.40. The molecule has 1 N–H and O–H groups in total. The minimum atomic E-state index is -4.34. The van der Waals surface area contributed by atoms with Crippen molar-refractivity contribution in [2.75, 3.05) is 26.2 Å². The van der Waals surface area contributed by atoms with E-state index < -0.39 is 12.7 Å². The average molecular weight is 227 g/mol. The molecule has 0 aromatic rings. The third-order valence-corrected chi connectivity index (χ3v) is 1.84. The fraction of sp³-hybridized carbons (Fsp3) is 0.889. The molecule has 0 saturated carbocycles. The molecule has 0 saturated heterocycles. The molecule has 0 atom stereocenters. The molecule has 0 radical (unpaired) electrons. The Kier molecular flexibility index (Phi) is 5.82. The molecule has 90 valence electrons. The SMILES string of the molecule is CC(C)C(=O)CN(CCO)CC(F)(F)F. The molecule has 0 aliphatic heterocycles. The maximum Gasteiger partial charge on any atom is 0.401 e. The molecule has 0 spiro atoms. The highest BCUT2D eigenvalue weighted by molar-refractivity contribution is 5.82. The van der Waals surface area contributed by atoms with Crippen molar-refractivity contribution in [3.63, 3.8) is 0 Å². The monoisotopic (exact) mass is 227 g/mol. The highest BCUT2D eigenvalue weighted by atomic mass is 19.4. The van der Waals surface area contributed by atoms with Crippen molar-refractivity contribution >= 4 is 5.78 Å². The first-order valence-corrected chi connectivity index (χ1v) is 4.69. The van der Waals surface area contributed by atoms with Gasteiger partial charge in [-0.15, -0.1) is 0 Å². The van der Waals surface area contributed by atoms with E-state index in [4.69, 9.17) is 5.11 Å². The topological polar surface area (TPSA) is 40.5 Å². The van der Waals surface area contributed by atoms with E-state index in [1.807, 2.05) is 0 Å². The second-order valence-electron chi connectivity index (χ2n) is 3.67. The molecule has 15 heavy (non-hydrogen) atoms. The summed E-state index contributed by atoms with van der Waals surface area (Å²) in [6.07, 6.45) is -4.34. The predicted molar refractivity (Wildman–Crippen MR) is 49.4 cm³/mol. The molecular formula is C9H16F3NO2. The fourth-order valence-corrected chi connectivity index (χ4v) is 1.01. The van der Waals surface area contributed by atoms with Gasteiger partial charge >= 0.3 is 6.18 Å². The Morgan fingerprint density at radius 2 is 1.93 bits per heavy atom. The normalized spacial score (nSPS) is 12.5. The van der Waals surface area contributed by atoms with E-state index in [2.05, 4.69) is 0 Å². The summed E-state index contributed by atoms with van der Waals surface area (Å²) >= 11 is 0. The smallest absolute Gasteiger partial charge is 0.395 e. The summed E-state index contributed by atoms with van der Waals surface area (Å²) in [5, 5.41) is 8.56. The molecule has 0 bridgehead atoms. The Morgan fingerprint density at radius 3 is 2.27 bits per heavy atom. The van der Waals surface area contributed by atoms with Crippen molar-refractivity contribution in [1.29, 1.82) is 0 Å². The molecule has 3 nitrogen and oxygen atoms in total. The van der Waals surface area contributed by atoms with Gasteiger partial charge in [-0.2, -0.15) is 13.2 Å². The van der Waals surface area contributed by atoms with Crippen molar-refractivity contribution in [1.82, 2.24) is 4.90 Å². The van der Waals surface area contributed by atoms with Gasteiger partial charge in [0.15, 0.2) is 0 Å². The molecule has 0 aliphatic rings. The minimum absolute atomic E-state index is 0.141. The first-order valence-electron chi connectivity index (χ1n) is 4.69. The lowest BCUT2D eigenvalue weighted by Gasteiger charge is -2.22. The molecular weight excluding hydrogens is 211 g/mol. The number of nitrogens with zero attached hydrogens (tertiary/aromatic N) is 1. The lowest BCUT2D eigenvalue weighted by molar-refractivity contribution is -0.149. The number of hydrogen-bond donors (Lipinski definition) is 1.